The molecule has 0 radical (unpaired) electrons. The number of hydrogen-bond donors (Lipinski definition) is 0. The molecule has 0 bridgehead atoms. The molecule has 2 aromatic rings. The molecule has 2 rings (SSSR count). The normalized spacial score (nSPS) is 11.5. The van der Waals surface area contributed by atoms with Crippen LogP contribution in [0, 0.1) is 12.7 Å². The standard InChI is InChI=1S/C13H13FN2O2S/c1-10-6-16-13(7-15-10)9-19(17,18)8-11-2-4-12(14)5-3-11/h2-7H,8-9H2,1H3. The summed E-state index contributed by atoms with van der Waals surface area (Å²) in [5, 5.41) is 0. The maximum Gasteiger partial charge on any atom is 0.160 e. The lowest BCUT2D eigenvalue weighted by atomic mass is 10.2. The molecule has 1 aromatic carbocycles. The first kappa shape index (κ1) is 13.6. The van der Waals surface area contributed by atoms with E-state index in [1.807, 2.05) is 0 Å². The Morgan fingerprint density at radius 1 is 1.05 bits per heavy atom. The third-order valence-electron chi connectivity index (χ3n) is 2.50. The summed E-state index contributed by atoms with van der Waals surface area (Å²) in [6, 6.07) is 5.43. The van der Waals surface area contributed by atoms with Crippen LogP contribution < -0.4 is 0 Å². The summed E-state index contributed by atoms with van der Waals surface area (Å²) >= 11 is 0. The quantitative estimate of drug-likeness (QED) is 0.860. The van der Waals surface area contributed by atoms with Crippen molar-refractivity contribution >= 4 is 9.84 Å². The van der Waals surface area contributed by atoms with E-state index in [9.17, 15) is 12.8 Å². The third-order valence-corrected chi connectivity index (χ3v) is 4.01. The molecule has 0 amide bonds. The average molecular weight is 280 g/mol. The van der Waals surface area contributed by atoms with Crippen LogP contribution >= 0.6 is 0 Å². The highest BCUT2D eigenvalue weighted by atomic mass is 32.2. The molecule has 0 unspecified atom stereocenters. The minimum Gasteiger partial charge on any atom is -0.258 e. The molecule has 0 saturated heterocycles. The zero-order valence-electron chi connectivity index (χ0n) is 10.4. The number of benzene rings is 1. The summed E-state index contributed by atoms with van der Waals surface area (Å²) in [5.41, 5.74) is 1.70. The summed E-state index contributed by atoms with van der Waals surface area (Å²) in [7, 11) is -3.34. The van der Waals surface area contributed by atoms with Gasteiger partial charge in [-0.2, -0.15) is 0 Å². The van der Waals surface area contributed by atoms with Gasteiger partial charge in [-0.25, -0.2) is 12.8 Å². The zero-order valence-corrected chi connectivity index (χ0v) is 11.2. The number of rotatable bonds is 4. The van der Waals surface area contributed by atoms with E-state index in [0.717, 1.165) is 5.69 Å². The summed E-state index contributed by atoms with van der Waals surface area (Å²) in [6.45, 7) is 1.78. The van der Waals surface area contributed by atoms with E-state index in [-0.39, 0.29) is 17.3 Å². The van der Waals surface area contributed by atoms with Gasteiger partial charge in [0.25, 0.3) is 0 Å². The van der Waals surface area contributed by atoms with Crippen molar-refractivity contribution in [1.29, 1.82) is 0 Å². The van der Waals surface area contributed by atoms with Crippen LogP contribution in [0.25, 0.3) is 0 Å². The highest BCUT2D eigenvalue weighted by molar-refractivity contribution is 7.89. The van der Waals surface area contributed by atoms with Gasteiger partial charge in [0.15, 0.2) is 9.84 Å². The fourth-order valence-corrected chi connectivity index (χ4v) is 3.01. The Hall–Kier alpha value is -1.82. The van der Waals surface area contributed by atoms with Gasteiger partial charge in [-0.3, -0.25) is 9.97 Å². The minimum absolute atomic E-state index is 0.136. The summed E-state index contributed by atoms with van der Waals surface area (Å²) in [6.07, 6.45) is 2.99. The van der Waals surface area contributed by atoms with Crippen molar-refractivity contribution in [2.45, 2.75) is 18.4 Å². The Bertz CT molecular complexity index is 599. The summed E-state index contributed by atoms with van der Waals surface area (Å²) < 4.78 is 36.7. The smallest absolute Gasteiger partial charge is 0.160 e. The van der Waals surface area contributed by atoms with Gasteiger partial charge in [0, 0.05) is 12.4 Å². The Morgan fingerprint density at radius 3 is 2.32 bits per heavy atom. The molecule has 100 valence electrons. The van der Waals surface area contributed by atoms with Crippen molar-refractivity contribution in [3.05, 3.63) is 59.4 Å². The van der Waals surface area contributed by atoms with Crippen molar-refractivity contribution in [1.82, 2.24) is 9.97 Å². The average Bonchev–Trinajstić information content (AvgIpc) is 2.34. The van der Waals surface area contributed by atoms with Crippen molar-refractivity contribution in [2.75, 3.05) is 0 Å². The van der Waals surface area contributed by atoms with Crippen molar-refractivity contribution in [2.24, 2.45) is 0 Å². The van der Waals surface area contributed by atoms with Crippen LogP contribution in [0.4, 0.5) is 4.39 Å². The molecule has 19 heavy (non-hydrogen) atoms. The second-order valence-electron chi connectivity index (χ2n) is 4.31. The van der Waals surface area contributed by atoms with Gasteiger partial charge in [0.2, 0.25) is 0 Å². The molecule has 0 saturated carbocycles. The van der Waals surface area contributed by atoms with Crippen LogP contribution in [-0.2, 0) is 21.3 Å². The van der Waals surface area contributed by atoms with Gasteiger partial charge in [-0.05, 0) is 24.6 Å². The fraction of sp³-hybridized carbons (Fsp3) is 0.231. The highest BCUT2D eigenvalue weighted by Crippen LogP contribution is 2.11. The van der Waals surface area contributed by atoms with Gasteiger partial charge in [0.1, 0.15) is 5.82 Å². The molecule has 0 fully saturated rings. The van der Waals surface area contributed by atoms with Gasteiger partial charge >= 0.3 is 0 Å². The van der Waals surface area contributed by atoms with Gasteiger partial charge in [-0.15, -0.1) is 0 Å². The van der Waals surface area contributed by atoms with E-state index in [0.29, 0.717) is 11.3 Å². The lowest BCUT2D eigenvalue weighted by molar-refractivity contribution is 0.593. The molecular formula is C13H13FN2O2S. The highest BCUT2D eigenvalue weighted by Gasteiger charge is 2.14. The molecule has 1 aromatic heterocycles. The van der Waals surface area contributed by atoms with Crippen LogP contribution in [0.3, 0.4) is 0 Å². The van der Waals surface area contributed by atoms with Gasteiger partial charge in [-0.1, -0.05) is 12.1 Å². The maximum atomic E-state index is 12.7. The van der Waals surface area contributed by atoms with E-state index in [1.54, 1.807) is 6.92 Å². The van der Waals surface area contributed by atoms with E-state index in [4.69, 9.17) is 0 Å². The zero-order chi connectivity index (χ0) is 13.9. The maximum absolute atomic E-state index is 12.7. The van der Waals surface area contributed by atoms with Gasteiger partial charge < -0.3 is 0 Å². The Kier molecular flexibility index (Phi) is 3.90. The van der Waals surface area contributed by atoms with Crippen LogP contribution in [0.15, 0.2) is 36.7 Å². The lowest BCUT2D eigenvalue weighted by Crippen LogP contribution is -2.09. The van der Waals surface area contributed by atoms with Crippen LogP contribution in [0.2, 0.25) is 0 Å². The van der Waals surface area contributed by atoms with Crippen LogP contribution in [-0.4, -0.2) is 18.4 Å². The molecule has 0 aliphatic carbocycles. The largest absolute Gasteiger partial charge is 0.258 e. The molecule has 0 aliphatic heterocycles. The van der Waals surface area contributed by atoms with Crippen molar-refractivity contribution in [3.8, 4) is 0 Å². The van der Waals surface area contributed by atoms with Crippen LogP contribution in [0.5, 0.6) is 0 Å². The Labute approximate surface area is 111 Å². The second-order valence-corrected chi connectivity index (χ2v) is 6.37. The third kappa shape index (κ3) is 4.10. The predicted octanol–water partition coefficient (Wildman–Crippen LogP) is 2.04. The van der Waals surface area contributed by atoms with Crippen molar-refractivity contribution < 1.29 is 12.8 Å². The predicted molar refractivity (Wildman–Crippen MR) is 69.5 cm³/mol. The fourth-order valence-electron chi connectivity index (χ4n) is 1.60. The molecule has 1 heterocycles. The Morgan fingerprint density at radius 2 is 1.74 bits per heavy atom. The van der Waals surface area contributed by atoms with E-state index in [1.165, 1.54) is 36.7 Å². The monoisotopic (exact) mass is 280 g/mol. The molecular weight excluding hydrogens is 267 g/mol. The first-order chi connectivity index (χ1) is 8.94. The number of halogens is 1. The van der Waals surface area contributed by atoms with Crippen molar-refractivity contribution in [3.63, 3.8) is 0 Å². The minimum atomic E-state index is -3.34. The first-order valence-corrected chi connectivity index (χ1v) is 7.49. The molecule has 0 N–H and O–H groups in total. The Balaban J connectivity index is 2.10. The molecule has 4 nitrogen and oxygen atoms in total. The number of sulfone groups is 1. The number of hydrogen-bond acceptors (Lipinski definition) is 4. The second kappa shape index (κ2) is 5.44. The van der Waals surface area contributed by atoms with E-state index < -0.39 is 9.84 Å². The topological polar surface area (TPSA) is 59.9 Å². The van der Waals surface area contributed by atoms with E-state index in [2.05, 4.69) is 9.97 Å². The number of nitrogens with zero attached hydrogens (tertiary/aromatic N) is 2. The molecule has 0 atom stereocenters. The first-order valence-electron chi connectivity index (χ1n) is 5.67. The summed E-state index contributed by atoms with van der Waals surface area (Å²) in [4.78, 5) is 8.02. The SMILES string of the molecule is Cc1cnc(CS(=O)(=O)Cc2ccc(F)cc2)cn1. The summed E-state index contributed by atoms with van der Waals surface area (Å²) in [5.74, 6) is -0.689. The molecule has 0 spiro atoms. The molecule has 0 aliphatic rings. The number of aryl methyl sites for hydroxylation is 1. The van der Waals surface area contributed by atoms with Gasteiger partial charge in [0.05, 0.1) is 22.9 Å². The number of aromatic nitrogens is 2. The van der Waals surface area contributed by atoms with E-state index >= 15 is 0 Å². The molecule has 6 heteroatoms. The lowest BCUT2D eigenvalue weighted by Gasteiger charge is -2.04. The van der Waals surface area contributed by atoms with Crippen LogP contribution in [0.1, 0.15) is 17.0 Å².